The van der Waals surface area contributed by atoms with Gasteiger partial charge in [0, 0.05) is 63.6 Å². The van der Waals surface area contributed by atoms with Crippen molar-refractivity contribution in [1.29, 1.82) is 0 Å². The number of carbonyl (C=O) groups excluding carboxylic acids is 2. The highest BCUT2D eigenvalue weighted by Gasteiger charge is 2.35. The highest BCUT2D eigenvalue weighted by atomic mass is 16.4. The van der Waals surface area contributed by atoms with Crippen LogP contribution < -0.4 is 10.6 Å². The van der Waals surface area contributed by atoms with Gasteiger partial charge in [-0.2, -0.15) is 0 Å². The molecular formula is C33H40N4O6. The van der Waals surface area contributed by atoms with E-state index in [9.17, 15) is 29.4 Å². The highest BCUT2D eigenvalue weighted by molar-refractivity contribution is 6.01. The molecule has 10 nitrogen and oxygen atoms in total. The zero-order chi connectivity index (χ0) is 32.0. The lowest BCUT2D eigenvalue weighted by Crippen LogP contribution is -2.24. The van der Waals surface area contributed by atoms with Gasteiger partial charge in [0.05, 0.1) is 0 Å². The van der Waals surface area contributed by atoms with Crippen LogP contribution in [0.1, 0.15) is 99.4 Å². The Kier molecular flexibility index (Phi) is 8.44. The fourth-order valence-corrected chi connectivity index (χ4v) is 5.82. The molecule has 4 heterocycles. The molecule has 2 aliphatic heterocycles. The van der Waals surface area contributed by atoms with E-state index in [2.05, 4.69) is 20.6 Å². The molecule has 0 aromatic carbocycles. The molecule has 2 aromatic heterocycles. The Morgan fingerprint density at radius 2 is 1.00 bits per heavy atom. The van der Waals surface area contributed by atoms with Crippen LogP contribution in [0.3, 0.4) is 0 Å². The Balaban J connectivity index is 1.90. The summed E-state index contributed by atoms with van der Waals surface area (Å²) in [6, 6.07) is 0. The number of aromatic nitrogens is 2. The minimum atomic E-state index is -0.911. The van der Waals surface area contributed by atoms with Crippen molar-refractivity contribution in [2.75, 3.05) is 0 Å². The van der Waals surface area contributed by atoms with Crippen LogP contribution in [0.5, 0.6) is 0 Å². The van der Waals surface area contributed by atoms with Crippen molar-refractivity contribution in [3.63, 3.8) is 0 Å². The van der Waals surface area contributed by atoms with Gasteiger partial charge in [0.25, 0.3) is 11.8 Å². The largest absolute Gasteiger partial charge is 0.481 e. The Labute approximate surface area is 251 Å². The van der Waals surface area contributed by atoms with Crippen LogP contribution in [0.2, 0.25) is 0 Å². The molecule has 10 heteroatoms. The number of carbonyl (C=O) groups is 4. The average Bonchev–Trinajstić information content (AvgIpc) is 3.58. The van der Waals surface area contributed by atoms with Crippen molar-refractivity contribution in [3.05, 3.63) is 78.7 Å². The second-order valence-electron chi connectivity index (χ2n) is 12.0. The number of allylic oxidation sites excluding steroid dienone is 2. The van der Waals surface area contributed by atoms with Crippen molar-refractivity contribution in [1.82, 2.24) is 20.6 Å². The first kappa shape index (κ1) is 31.3. The van der Waals surface area contributed by atoms with E-state index in [0.717, 1.165) is 56.2 Å². The summed E-state index contributed by atoms with van der Waals surface area (Å²) in [5.41, 5.74) is 10.2. The third-order valence-corrected chi connectivity index (χ3v) is 8.95. The number of aromatic amines is 2. The van der Waals surface area contributed by atoms with Crippen molar-refractivity contribution in [2.24, 2.45) is 0 Å². The number of hydrogen-bond acceptors (Lipinski definition) is 4. The zero-order valence-electron chi connectivity index (χ0n) is 26.0. The lowest BCUT2D eigenvalue weighted by atomic mass is 9.79. The number of H-pyrrole nitrogens is 2. The molecule has 0 aliphatic carbocycles. The maximum atomic E-state index is 12.3. The van der Waals surface area contributed by atoms with E-state index in [1.165, 1.54) is 0 Å². The summed E-state index contributed by atoms with van der Waals surface area (Å²) in [4.78, 5) is 54.9. The van der Waals surface area contributed by atoms with Crippen LogP contribution in [0, 0.1) is 13.8 Å². The third-order valence-electron chi connectivity index (χ3n) is 8.95. The first-order valence-corrected chi connectivity index (χ1v) is 14.3. The van der Waals surface area contributed by atoms with Gasteiger partial charge in [0.15, 0.2) is 0 Å². The summed E-state index contributed by atoms with van der Waals surface area (Å²) < 4.78 is 0. The molecule has 43 heavy (non-hydrogen) atoms. The summed E-state index contributed by atoms with van der Waals surface area (Å²) >= 11 is 0. The van der Waals surface area contributed by atoms with Crippen molar-refractivity contribution in [2.45, 2.75) is 86.5 Å². The SMILES string of the molecule is CC1=C(C)/C(=C/c2[nH]c(C(C)(C)c3[nH]c(/C=C4\NC(=O)C(C)=C4C)c(C)c3CCC(=O)O)c(CCC(=O)O)c2C)NC1=O. The minimum Gasteiger partial charge on any atom is -0.481 e. The summed E-state index contributed by atoms with van der Waals surface area (Å²) in [5.74, 6) is -2.12. The van der Waals surface area contributed by atoms with Gasteiger partial charge in [-0.25, -0.2) is 0 Å². The Bertz CT molecular complexity index is 1570. The molecule has 2 aromatic rings. The predicted molar refractivity (Wildman–Crippen MR) is 164 cm³/mol. The maximum Gasteiger partial charge on any atom is 0.303 e. The Hall–Kier alpha value is -4.60. The molecule has 0 atom stereocenters. The summed E-state index contributed by atoms with van der Waals surface area (Å²) in [5, 5.41) is 24.9. The molecule has 4 rings (SSSR count). The molecular weight excluding hydrogens is 548 g/mol. The van der Waals surface area contributed by atoms with E-state index in [1.54, 1.807) is 13.8 Å². The summed E-state index contributed by atoms with van der Waals surface area (Å²) in [6.07, 6.45) is 4.20. The average molecular weight is 589 g/mol. The predicted octanol–water partition coefficient (Wildman–Crippen LogP) is 4.93. The first-order chi connectivity index (χ1) is 20.0. The smallest absolute Gasteiger partial charge is 0.303 e. The zero-order valence-corrected chi connectivity index (χ0v) is 26.0. The second-order valence-corrected chi connectivity index (χ2v) is 12.0. The molecule has 0 saturated heterocycles. The fraction of sp³-hybridized carbons (Fsp3) is 0.394. The van der Waals surface area contributed by atoms with E-state index in [1.807, 2.05) is 53.7 Å². The van der Waals surface area contributed by atoms with Crippen molar-refractivity contribution in [3.8, 4) is 0 Å². The van der Waals surface area contributed by atoms with E-state index >= 15 is 0 Å². The highest BCUT2D eigenvalue weighted by Crippen LogP contribution is 2.40. The number of nitrogens with one attached hydrogen (secondary N) is 4. The topological polar surface area (TPSA) is 164 Å². The summed E-state index contributed by atoms with van der Waals surface area (Å²) in [7, 11) is 0. The van der Waals surface area contributed by atoms with Gasteiger partial charge in [-0.1, -0.05) is 0 Å². The lowest BCUT2D eigenvalue weighted by Gasteiger charge is -2.27. The van der Waals surface area contributed by atoms with Gasteiger partial charge in [-0.05, 0) is 114 Å². The van der Waals surface area contributed by atoms with Crippen LogP contribution in [0.4, 0.5) is 0 Å². The molecule has 0 unspecified atom stereocenters. The number of carboxylic acids is 2. The van der Waals surface area contributed by atoms with E-state index < -0.39 is 17.4 Å². The molecule has 0 bridgehead atoms. The third kappa shape index (κ3) is 5.86. The Morgan fingerprint density at radius 1 is 0.651 bits per heavy atom. The number of hydrogen-bond donors (Lipinski definition) is 6. The van der Waals surface area contributed by atoms with E-state index in [4.69, 9.17) is 0 Å². The molecule has 0 spiro atoms. The molecule has 228 valence electrons. The van der Waals surface area contributed by atoms with Gasteiger partial charge in [-0.15, -0.1) is 0 Å². The van der Waals surface area contributed by atoms with Gasteiger partial charge in [-0.3, -0.25) is 19.2 Å². The fourth-order valence-electron chi connectivity index (χ4n) is 5.82. The van der Waals surface area contributed by atoms with Gasteiger partial charge in [0.2, 0.25) is 0 Å². The number of carboxylic acid groups (broad SMARTS) is 2. The number of aliphatic carboxylic acids is 2. The first-order valence-electron chi connectivity index (χ1n) is 14.3. The van der Waals surface area contributed by atoms with Gasteiger partial charge in [0.1, 0.15) is 0 Å². The van der Waals surface area contributed by atoms with Crippen LogP contribution in [0.15, 0.2) is 33.7 Å². The molecule has 0 saturated carbocycles. The van der Waals surface area contributed by atoms with Crippen molar-refractivity contribution >= 4 is 35.9 Å². The van der Waals surface area contributed by atoms with Crippen LogP contribution in [0.25, 0.3) is 12.2 Å². The van der Waals surface area contributed by atoms with Crippen LogP contribution in [-0.4, -0.2) is 43.9 Å². The molecule has 2 aliphatic rings. The molecule has 6 N–H and O–H groups in total. The van der Waals surface area contributed by atoms with Crippen molar-refractivity contribution < 1.29 is 29.4 Å². The molecule has 2 amide bonds. The molecule has 0 radical (unpaired) electrons. The minimum absolute atomic E-state index is 0.0653. The number of rotatable bonds is 10. The van der Waals surface area contributed by atoms with E-state index in [0.29, 0.717) is 22.5 Å². The number of amides is 2. The van der Waals surface area contributed by atoms with Crippen LogP contribution >= 0.6 is 0 Å². The Morgan fingerprint density at radius 3 is 1.28 bits per heavy atom. The normalized spacial score (nSPS) is 17.5. The van der Waals surface area contributed by atoms with Crippen LogP contribution in [-0.2, 0) is 37.4 Å². The van der Waals surface area contributed by atoms with Gasteiger partial charge < -0.3 is 30.8 Å². The van der Waals surface area contributed by atoms with E-state index in [-0.39, 0.29) is 37.5 Å². The monoisotopic (exact) mass is 588 g/mol. The quantitative estimate of drug-likeness (QED) is 0.230. The molecule has 0 fully saturated rings. The second kappa shape index (κ2) is 11.6. The summed E-state index contributed by atoms with van der Waals surface area (Å²) in [6.45, 7) is 15.2. The standard InChI is InChI=1S/C33H40N4O6/c1-15-17(3)31(42)36-23(15)13-25-19(5)21(9-11-27(38)39)29(34-25)33(7,8)30-22(10-12-28(40)41)20(6)26(35-30)14-24-16(2)18(4)32(43)37-24/h13-14,34-35H,9-12H2,1-8H3,(H,36,42)(H,37,43)(H,38,39)(H,40,41)/b23-13-,24-14-. The lowest BCUT2D eigenvalue weighted by molar-refractivity contribution is -0.138. The van der Waals surface area contributed by atoms with Gasteiger partial charge >= 0.3 is 11.9 Å². The maximum absolute atomic E-state index is 12.3.